The molecule has 10 heavy (non-hydrogen) atoms. The van der Waals surface area contributed by atoms with Crippen LogP contribution in [0.4, 0.5) is 13.2 Å². The van der Waals surface area contributed by atoms with Crippen LogP contribution in [0.15, 0.2) is 15.9 Å². The molecule has 0 fully saturated rings. The highest BCUT2D eigenvalue weighted by atomic mass is 32.2. The molecule has 0 nitrogen and oxygen atoms in total. The molecule has 0 aliphatic carbocycles. The van der Waals surface area contributed by atoms with Gasteiger partial charge in [0.1, 0.15) is 0 Å². The molecule has 0 unspecified atom stereocenters. The predicted octanol–water partition coefficient (Wildman–Crippen LogP) is 2.57. The standard InChI is InChI=1S/C6HF3S/c7-2-1-3-5(9)6(10-3)4(2)8/h1H. The van der Waals surface area contributed by atoms with Crippen LogP contribution in [0.2, 0.25) is 0 Å². The lowest BCUT2D eigenvalue weighted by atomic mass is 10.3. The van der Waals surface area contributed by atoms with Gasteiger partial charge in [-0.05, 0) is 6.07 Å². The second-order valence-electron chi connectivity index (χ2n) is 1.92. The Kier molecular flexibility index (Phi) is 1.03. The van der Waals surface area contributed by atoms with Gasteiger partial charge in [0.05, 0.1) is 9.79 Å². The predicted molar refractivity (Wildman–Crippen MR) is 30.4 cm³/mol. The van der Waals surface area contributed by atoms with Gasteiger partial charge in [-0.2, -0.15) is 0 Å². The van der Waals surface area contributed by atoms with Crippen LogP contribution in [0.3, 0.4) is 0 Å². The fraction of sp³-hybridized carbons (Fsp3) is 0. The highest BCUT2D eigenvalue weighted by Crippen LogP contribution is 2.45. The van der Waals surface area contributed by atoms with E-state index >= 15 is 0 Å². The summed E-state index contributed by atoms with van der Waals surface area (Å²) in [6.45, 7) is 0. The Hall–Kier alpha value is -0.640. The third-order valence-electron chi connectivity index (χ3n) is 1.29. The van der Waals surface area contributed by atoms with Crippen molar-refractivity contribution in [2.75, 3.05) is 0 Å². The van der Waals surface area contributed by atoms with E-state index in [1.807, 2.05) is 0 Å². The van der Waals surface area contributed by atoms with Crippen molar-refractivity contribution in [3.05, 3.63) is 23.5 Å². The lowest BCUT2D eigenvalue weighted by molar-refractivity contribution is 0.446. The van der Waals surface area contributed by atoms with E-state index in [0.717, 1.165) is 17.8 Å². The van der Waals surface area contributed by atoms with Gasteiger partial charge in [-0.1, -0.05) is 11.8 Å². The van der Waals surface area contributed by atoms with Crippen molar-refractivity contribution in [3.8, 4) is 0 Å². The summed E-state index contributed by atoms with van der Waals surface area (Å²) in [4.78, 5) is -0.0103. The molecule has 0 saturated carbocycles. The average molecular weight is 162 g/mol. The summed E-state index contributed by atoms with van der Waals surface area (Å²) in [6, 6.07) is 0.863. The fourth-order valence-corrected chi connectivity index (χ4v) is 1.59. The van der Waals surface area contributed by atoms with Crippen molar-refractivity contribution in [3.63, 3.8) is 0 Å². The van der Waals surface area contributed by atoms with E-state index < -0.39 is 17.5 Å². The monoisotopic (exact) mass is 162 g/mol. The first-order valence-corrected chi connectivity index (χ1v) is 3.37. The molecule has 0 saturated heterocycles. The fourth-order valence-electron chi connectivity index (χ4n) is 0.786. The van der Waals surface area contributed by atoms with Crippen molar-refractivity contribution < 1.29 is 13.2 Å². The zero-order chi connectivity index (χ0) is 7.30. The zero-order valence-corrected chi connectivity index (χ0v) is 5.44. The SMILES string of the molecule is Fc1cc2c(F)c(c1F)S2. The minimum absolute atomic E-state index is 0.189. The zero-order valence-electron chi connectivity index (χ0n) is 4.62. The van der Waals surface area contributed by atoms with E-state index in [4.69, 9.17) is 0 Å². The summed E-state index contributed by atoms with van der Waals surface area (Å²) < 4.78 is 37.0. The van der Waals surface area contributed by atoms with Gasteiger partial charge in [0.15, 0.2) is 17.5 Å². The van der Waals surface area contributed by atoms with Crippen LogP contribution < -0.4 is 0 Å². The Labute approximate surface area is 59.0 Å². The Morgan fingerprint density at radius 2 is 1.80 bits per heavy atom. The molecular formula is C6HF3S. The summed E-state index contributed by atoms with van der Waals surface area (Å²) in [5.74, 6) is -2.66. The third kappa shape index (κ3) is 0.546. The highest BCUT2D eigenvalue weighted by molar-refractivity contribution is 8.00. The second-order valence-corrected chi connectivity index (χ2v) is 2.97. The first-order valence-electron chi connectivity index (χ1n) is 2.55. The molecule has 0 aromatic heterocycles. The average Bonchev–Trinajstić information content (AvgIpc) is 1.92. The first-order chi connectivity index (χ1) is 4.70. The number of hydrogen-bond donors (Lipinski definition) is 0. The normalized spacial score (nSPS) is 13.1. The quantitative estimate of drug-likeness (QED) is 0.536. The Morgan fingerprint density at radius 1 is 1.10 bits per heavy atom. The Balaban J connectivity index is 2.74. The second kappa shape index (κ2) is 1.69. The maximum Gasteiger partial charge on any atom is 0.175 e. The molecule has 0 N–H and O–H groups in total. The summed E-state index contributed by atoms with van der Waals surface area (Å²) in [6.07, 6.45) is 0. The van der Waals surface area contributed by atoms with Gasteiger partial charge in [-0.3, -0.25) is 0 Å². The molecule has 0 amide bonds. The van der Waals surface area contributed by atoms with Crippen LogP contribution >= 0.6 is 11.8 Å². The van der Waals surface area contributed by atoms with E-state index in [1.54, 1.807) is 0 Å². The smallest absolute Gasteiger partial charge is 0.175 e. The van der Waals surface area contributed by atoms with Crippen LogP contribution in [-0.2, 0) is 0 Å². The van der Waals surface area contributed by atoms with Crippen molar-refractivity contribution in [1.29, 1.82) is 0 Å². The molecule has 2 heterocycles. The van der Waals surface area contributed by atoms with E-state index in [9.17, 15) is 13.2 Å². The summed E-state index contributed by atoms with van der Waals surface area (Å²) in [7, 11) is 0. The maximum absolute atomic E-state index is 12.4. The largest absolute Gasteiger partial charge is 0.204 e. The van der Waals surface area contributed by atoms with Gasteiger partial charge in [-0.25, -0.2) is 13.2 Å². The maximum atomic E-state index is 12.4. The van der Waals surface area contributed by atoms with E-state index in [1.165, 1.54) is 0 Å². The Morgan fingerprint density at radius 3 is 2.20 bits per heavy atom. The number of benzene rings is 1. The van der Waals surface area contributed by atoms with E-state index in [0.29, 0.717) is 0 Å². The minimum Gasteiger partial charge on any atom is -0.204 e. The first kappa shape index (κ1) is 6.09. The van der Waals surface area contributed by atoms with Crippen LogP contribution in [-0.4, -0.2) is 0 Å². The molecule has 0 spiro atoms. The highest BCUT2D eigenvalue weighted by Gasteiger charge is 2.28. The van der Waals surface area contributed by atoms with Crippen molar-refractivity contribution >= 4 is 11.8 Å². The van der Waals surface area contributed by atoms with E-state index in [2.05, 4.69) is 0 Å². The van der Waals surface area contributed by atoms with Crippen LogP contribution in [0.5, 0.6) is 0 Å². The van der Waals surface area contributed by atoms with Crippen LogP contribution in [0.1, 0.15) is 0 Å². The van der Waals surface area contributed by atoms with Gasteiger partial charge in [0.25, 0.3) is 0 Å². The molecular weight excluding hydrogens is 161 g/mol. The van der Waals surface area contributed by atoms with Gasteiger partial charge in [-0.15, -0.1) is 0 Å². The molecule has 3 rings (SSSR count). The molecule has 2 bridgehead atoms. The number of hydrogen-bond acceptors (Lipinski definition) is 1. The van der Waals surface area contributed by atoms with Gasteiger partial charge >= 0.3 is 0 Å². The van der Waals surface area contributed by atoms with Crippen molar-refractivity contribution in [2.45, 2.75) is 9.79 Å². The number of rotatable bonds is 0. The minimum atomic E-state index is -1.07. The molecule has 2 aliphatic rings. The summed E-state index contributed by atoms with van der Waals surface area (Å²) in [5, 5.41) is 0. The van der Waals surface area contributed by atoms with E-state index in [-0.39, 0.29) is 9.79 Å². The topological polar surface area (TPSA) is 0 Å². The molecule has 1 aromatic rings. The van der Waals surface area contributed by atoms with Crippen LogP contribution in [0, 0.1) is 17.5 Å². The van der Waals surface area contributed by atoms with Crippen LogP contribution in [0.25, 0.3) is 0 Å². The Bertz CT molecular complexity index is 299. The van der Waals surface area contributed by atoms with Gasteiger partial charge < -0.3 is 0 Å². The molecule has 2 aliphatic heterocycles. The number of halogens is 3. The molecule has 1 aromatic carbocycles. The lowest BCUT2D eigenvalue weighted by Crippen LogP contribution is -2.03. The lowest BCUT2D eigenvalue weighted by Gasteiger charge is -2.16. The molecule has 52 valence electrons. The summed E-state index contributed by atoms with van der Waals surface area (Å²) >= 11 is 0.928. The third-order valence-corrected chi connectivity index (χ3v) is 2.37. The molecule has 0 atom stereocenters. The van der Waals surface area contributed by atoms with Crippen molar-refractivity contribution in [2.24, 2.45) is 0 Å². The summed E-state index contributed by atoms with van der Waals surface area (Å²) in [5.41, 5.74) is 0. The molecule has 0 radical (unpaired) electrons. The number of fused-ring (bicyclic) bond motifs is 2. The molecule has 4 heteroatoms. The van der Waals surface area contributed by atoms with Gasteiger partial charge in [0.2, 0.25) is 0 Å². The van der Waals surface area contributed by atoms with Gasteiger partial charge in [0, 0.05) is 0 Å². The van der Waals surface area contributed by atoms with Crippen molar-refractivity contribution in [1.82, 2.24) is 0 Å².